The second-order valence-corrected chi connectivity index (χ2v) is 5.12. The fourth-order valence-electron chi connectivity index (χ4n) is 2.04. The molecular weight excluding hydrogens is 482 g/mol. The van der Waals surface area contributed by atoms with Gasteiger partial charge in [0.1, 0.15) is 5.76 Å². The van der Waals surface area contributed by atoms with E-state index in [2.05, 4.69) is 11.1 Å². The number of pyridine rings is 1. The summed E-state index contributed by atoms with van der Waals surface area (Å²) >= 11 is 0. The smallest absolute Gasteiger partial charge is 0.217 e. The van der Waals surface area contributed by atoms with Gasteiger partial charge in [0.05, 0.1) is 5.76 Å². The summed E-state index contributed by atoms with van der Waals surface area (Å²) in [5, 5.41) is 9.40. The molecule has 0 amide bonds. The third kappa shape index (κ3) is 5.76. The number of aromatic nitrogens is 1. The number of carbonyl (C=O) groups excluding carboxylic acids is 1. The molecule has 2 aromatic heterocycles. The second-order valence-electron chi connectivity index (χ2n) is 5.12. The molecule has 0 aliphatic heterocycles. The summed E-state index contributed by atoms with van der Waals surface area (Å²) in [7, 11) is 0. The van der Waals surface area contributed by atoms with E-state index in [9.17, 15) is 4.79 Å². The van der Waals surface area contributed by atoms with Crippen LogP contribution in [0.25, 0.3) is 22.4 Å². The summed E-state index contributed by atoms with van der Waals surface area (Å²) in [5.74, 6) is 0.823. The van der Waals surface area contributed by atoms with Crippen LogP contribution in [0.4, 0.5) is 0 Å². The van der Waals surface area contributed by atoms with Crippen molar-refractivity contribution in [1.82, 2.24) is 4.98 Å². The summed E-state index contributed by atoms with van der Waals surface area (Å²) in [5.41, 5.74) is 2.56. The SMILES string of the molecule is CC(=O)/C=C(/C)O.Cc1cc2ccc(-c3[c-]cccc3)nc2o1.[Ir]. The Morgan fingerprint density at radius 1 is 1.25 bits per heavy atom. The van der Waals surface area contributed by atoms with Crippen molar-refractivity contribution in [3.8, 4) is 11.3 Å². The first-order chi connectivity index (χ1) is 11.0. The van der Waals surface area contributed by atoms with Gasteiger partial charge in [-0.15, -0.1) is 35.9 Å². The minimum absolute atomic E-state index is 0. The summed E-state index contributed by atoms with van der Waals surface area (Å²) in [6, 6.07) is 16.9. The molecule has 5 heteroatoms. The number of benzene rings is 1. The Kier molecular flexibility index (Phi) is 7.56. The van der Waals surface area contributed by atoms with Crippen LogP contribution in [0.5, 0.6) is 0 Å². The van der Waals surface area contributed by atoms with Gasteiger partial charge in [0.25, 0.3) is 0 Å². The van der Waals surface area contributed by atoms with E-state index in [1.165, 1.54) is 19.9 Å². The van der Waals surface area contributed by atoms with Crippen LogP contribution in [0, 0.1) is 13.0 Å². The van der Waals surface area contributed by atoms with E-state index in [1.807, 2.05) is 49.4 Å². The van der Waals surface area contributed by atoms with Gasteiger partial charge in [-0.3, -0.25) is 9.78 Å². The van der Waals surface area contributed by atoms with E-state index < -0.39 is 0 Å². The van der Waals surface area contributed by atoms with Crippen LogP contribution < -0.4 is 0 Å². The zero-order valence-electron chi connectivity index (χ0n) is 13.7. The quantitative estimate of drug-likeness (QED) is 0.316. The van der Waals surface area contributed by atoms with Gasteiger partial charge in [-0.05, 0) is 32.5 Å². The van der Waals surface area contributed by atoms with Crippen molar-refractivity contribution in [2.75, 3.05) is 0 Å². The maximum atomic E-state index is 10.0. The van der Waals surface area contributed by atoms with E-state index in [0.717, 1.165) is 22.4 Å². The first kappa shape index (κ1) is 19.8. The van der Waals surface area contributed by atoms with Crippen molar-refractivity contribution in [3.05, 3.63) is 66.1 Å². The molecule has 24 heavy (non-hydrogen) atoms. The monoisotopic (exact) mass is 501 g/mol. The van der Waals surface area contributed by atoms with Crippen LogP contribution in [0.1, 0.15) is 19.6 Å². The Hall–Kier alpha value is -2.23. The normalized spacial score (nSPS) is 10.5. The number of hydrogen-bond acceptors (Lipinski definition) is 4. The van der Waals surface area contributed by atoms with Gasteiger partial charge in [-0.25, -0.2) is 0 Å². The van der Waals surface area contributed by atoms with E-state index in [4.69, 9.17) is 9.52 Å². The average molecular weight is 501 g/mol. The predicted molar refractivity (Wildman–Crippen MR) is 90.1 cm³/mol. The van der Waals surface area contributed by atoms with Crippen LogP contribution in [0.3, 0.4) is 0 Å². The number of furan rings is 1. The maximum absolute atomic E-state index is 10.0. The van der Waals surface area contributed by atoms with Crippen molar-refractivity contribution in [2.45, 2.75) is 20.8 Å². The van der Waals surface area contributed by atoms with E-state index >= 15 is 0 Å². The third-order valence-corrected chi connectivity index (χ3v) is 2.90. The number of rotatable bonds is 2. The molecule has 0 bridgehead atoms. The molecule has 1 radical (unpaired) electrons. The number of aliphatic hydroxyl groups is 1. The molecule has 0 unspecified atom stereocenters. The Bertz CT molecular complexity index is 834. The van der Waals surface area contributed by atoms with E-state index in [-0.39, 0.29) is 31.6 Å². The van der Waals surface area contributed by atoms with Crippen molar-refractivity contribution in [3.63, 3.8) is 0 Å². The second kappa shape index (κ2) is 9.16. The molecule has 0 saturated carbocycles. The Morgan fingerprint density at radius 3 is 2.54 bits per heavy atom. The molecule has 2 heterocycles. The van der Waals surface area contributed by atoms with Crippen molar-refractivity contribution < 1.29 is 34.4 Å². The summed E-state index contributed by atoms with van der Waals surface area (Å²) in [6.07, 6.45) is 1.17. The molecule has 1 N–H and O–H groups in total. The minimum Gasteiger partial charge on any atom is -0.512 e. The number of allylic oxidation sites excluding steroid dienone is 2. The Labute approximate surface area is 154 Å². The van der Waals surface area contributed by atoms with Crippen LogP contribution in [-0.2, 0) is 24.9 Å². The topological polar surface area (TPSA) is 63.3 Å². The number of fused-ring (bicyclic) bond motifs is 1. The van der Waals surface area contributed by atoms with Gasteiger partial charge >= 0.3 is 0 Å². The number of aliphatic hydroxyl groups excluding tert-OH is 1. The van der Waals surface area contributed by atoms with Gasteiger partial charge in [-0.2, -0.15) is 0 Å². The summed E-state index contributed by atoms with van der Waals surface area (Å²) < 4.78 is 5.51. The van der Waals surface area contributed by atoms with Gasteiger partial charge in [-0.1, -0.05) is 12.1 Å². The van der Waals surface area contributed by atoms with Crippen LogP contribution in [-0.4, -0.2) is 15.9 Å². The molecule has 0 spiro atoms. The number of nitrogens with zero attached hydrogens (tertiary/aromatic N) is 1. The predicted octanol–water partition coefficient (Wildman–Crippen LogP) is 4.64. The van der Waals surface area contributed by atoms with Crippen molar-refractivity contribution in [2.24, 2.45) is 0 Å². The molecule has 0 aliphatic carbocycles. The molecule has 0 aliphatic rings. The number of hydrogen-bond donors (Lipinski definition) is 1. The van der Waals surface area contributed by atoms with Gasteiger partial charge in [0.2, 0.25) is 5.71 Å². The summed E-state index contributed by atoms with van der Waals surface area (Å²) in [4.78, 5) is 14.5. The molecule has 3 rings (SSSR count). The van der Waals surface area contributed by atoms with Gasteiger partial charge in [0, 0.05) is 31.6 Å². The molecule has 127 valence electrons. The first-order valence-corrected chi connectivity index (χ1v) is 7.18. The number of aryl methyl sites for hydroxylation is 1. The zero-order valence-corrected chi connectivity index (χ0v) is 16.1. The molecule has 3 aromatic rings. The summed E-state index contributed by atoms with van der Waals surface area (Å²) in [6.45, 7) is 4.77. The molecule has 0 atom stereocenters. The minimum atomic E-state index is -0.125. The Morgan fingerprint density at radius 2 is 2.00 bits per heavy atom. The standard InChI is InChI=1S/C14H10NO.C5H8O2.Ir/c1-10-9-12-7-8-13(15-14(12)16-10)11-5-3-2-4-6-11;1-4(6)3-5(2)7;/h2-5,7-9H,1H3;3,6H,1-2H3;/q-1;;/b;4-3-;. The number of ketones is 1. The fraction of sp³-hybridized carbons (Fsp3) is 0.158. The molecule has 0 fully saturated rings. The van der Waals surface area contributed by atoms with Crippen LogP contribution >= 0.6 is 0 Å². The van der Waals surface area contributed by atoms with Crippen molar-refractivity contribution in [1.29, 1.82) is 0 Å². The maximum Gasteiger partial charge on any atom is 0.217 e. The molecular formula is C19H18IrNO3-. The van der Waals surface area contributed by atoms with Crippen molar-refractivity contribution >= 4 is 16.9 Å². The van der Waals surface area contributed by atoms with Gasteiger partial charge < -0.3 is 9.52 Å². The van der Waals surface area contributed by atoms with Gasteiger partial charge in [0.15, 0.2) is 5.78 Å². The van der Waals surface area contributed by atoms with E-state index in [0.29, 0.717) is 5.71 Å². The van der Waals surface area contributed by atoms with E-state index in [1.54, 1.807) is 0 Å². The molecule has 0 saturated heterocycles. The Balaban J connectivity index is 0.000000312. The first-order valence-electron chi connectivity index (χ1n) is 7.18. The number of carbonyl (C=O) groups is 1. The van der Waals surface area contributed by atoms with Crippen LogP contribution in [0.15, 0.2) is 58.7 Å². The third-order valence-electron chi connectivity index (χ3n) is 2.90. The largest absolute Gasteiger partial charge is 0.512 e. The fourth-order valence-corrected chi connectivity index (χ4v) is 2.04. The van der Waals surface area contributed by atoms with Crippen LogP contribution in [0.2, 0.25) is 0 Å². The molecule has 1 aromatic carbocycles. The average Bonchev–Trinajstić information content (AvgIpc) is 2.86. The zero-order chi connectivity index (χ0) is 16.8. The molecule has 4 nitrogen and oxygen atoms in total.